The van der Waals surface area contributed by atoms with Crippen molar-refractivity contribution in [2.75, 3.05) is 5.43 Å². The number of nitrogens with two attached hydrogens (primary N) is 1. The van der Waals surface area contributed by atoms with Crippen LogP contribution in [0.4, 0.5) is 5.69 Å². The van der Waals surface area contributed by atoms with Crippen LogP contribution in [0, 0.1) is 0 Å². The zero-order chi connectivity index (χ0) is 9.54. The minimum atomic E-state index is 0.510. The van der Waals surface area contributed by atoms with Crippen LogP contribution in [-0.4, -0.2) is 10.8 Å². The monoisotopic (exact) mass is 184 g/mol. The maximum atomic E-state index is 5.76. The number of anilines is 1. The fourth-order valence-corrected chi connectivity index (χ4v) is 1.69. The molecule has 0 bridgehead atoms. The fourth-order valence-electron chi connectivity index (χ4n) is 1.69. The molecule has 1 aliphatic rings. The minimum Gasteiger partial charge on any atom is -0.382 e. The van der Waals surface area contributed by atoms with Gasteiger partial charge < -0.3 is 5.73 Å². The van der Waals surface area contributed by atoms with Gasteiger partial charge in [-0.05, 0) is 12.1 Å². The molecule has 0 radical (unpaired) electrons. The highest BCUT2D eigenvalue weighted by atomic mass is 15.3. The smallest absolute Gasteiger partial charge is 0.151 e. The third kappa shape index (κ3) is 0.821. The van der Waals surface area contributed by atoms with E-state index in [-0.39, 0.29) is 0 Å². The van der Waals surface area contributed by atoms with Crippen molar-refractivity contribution in [2.24, 2.45) is 10.8 Å². The molecule has 0 aliphatic carbocycles. The molecule has 14 heavy (non-hydrogen) atoms. The molecule has 0 fully saturated rings. The molecule has 3 rings (SSSR count). The summed E-state index contributed by atoms with van der Waals surface area (Å²) in [6, 6.07) is 7.74. The molecule has 2 heterocycles. The number of benzene rings is 1. The summed E-state index contributed by atoms with van der Waals surface area (Å²) < 4.78 is 0. The highest BCUT2D eigenvalue weighted by Gasteiger charge is 2.13. The second kappa shape index (κ2) is 2.45. The Kier molecular flexibility index (Phi) is 1.28. The first-order chi connectivity index (χ1) is 6.86. The highest BCUT2D eigenvalue weighted by molar-refractivity contribution is 6.14. The van der Waals surface area contributed by atoms with Crippen LogP contribution < -0.4 is 11.2 Å². The molecule has 1 aliphatic heterocycles. The van der Waals surface area contributed by atoms with Gasteiger partial charge in [0, 0.05) is 17.1 Å². The first-order valence-electron chi connectivity index (χ1n) is 4.33. The van der Waals surface area contributed by atoms with E-state index >= 15 is 0 Å². The second-order valence-electron chi connectivity index (χ2n) is 3.17. The van der Waals surface area contributed by atoms with Gasteiger partial charge in [-0.1, -0.05) is 12.1 Å². The van der Waals surface area contributed by atoms with Crippen LogP contribution in [0.5, 0.6) is 0 Å². The SMILES string of the molecule is NC1=NNc2ccnc3cccc1c23. The van der Waals surface area contributed by atoms with Crippen LogP contribution in [0.3, 0.4) is 0 Å². The van der Waals surface area contributed by atoms with E-state index in [0.29, 0.717) is 5.84 Å². The van der Waals surface area contributed by atoms with E-state index in [4.69, 9.17) is 5.73 Å². The maximum Gasteiger partial charge on any atom is 0.151 e. The van der Waals surface area contributed by atoms with Gasteiger partial charge in [0.15, 0.2) is 5.84 Å². The van der Waals surface area contributed by atoms with Crippen LogP contribution in [-0.2, 0) is 0 Å². The molecule has 0 saturated carbocycles. The molecule has 3 N–H and O–H groups in total. The molecule has 0 amide bonds. The first kappa shape index (κ1) is 7.32. The summed E-state index contributed by atoms with van der Waals surface area (Å²) in [6.45, 7) is 0. The van der Waals surface area contributed by atoms with Gasteiger partial charge in [-0.25, -0.2) is 0 Å². The number of hydrogen-bond acceptors (Lipinski definition) is 4. The Morgan fingerprint density at radius 1 is 1.21 bits per heavy atom. The van der Waals surface area contributed by atoms with Gasteiger partial charge in [0.2, 0.25) is 0 Å². The third-order valence-corrected chi connectivity index (χ3v) is 2.34. The van der Waals surface area contributed by atoms with Gasteiger partial charge in [-0.15, -0.1) is 0 Å². The first-order valence-corrected chi connectivity index (χ1v) is 4.33. The summed E-state index contributed by atoms with van der Waals surface area (Å²) in [6.07, 6.45) is 1.76. The molecular weight excluding hydrogens is 176 g/mol. The van der Waals surface area contributed by atoms with Crippen molar-refractivity contribution in [1.82, 2.24) is 4.98 Å². The average molecular weight is 184 g/mol. The molecule has 0 saturated heterocycles. The second-order valence-corrected chi connectivity index (χ2v) is 3.17. The van der Waals surface area contributed by atoms with Gasteiger partial charge in [-0.3, -0.25) is 10.4 Å². The number of hydrogen-bond donors (Lipinski definition) is 2. The van der Waals surface area contributed by atoms with E-state index in [1.54, 1.807) is 6.20 Å². The van der Waals surface area contributed by atoms with Crippen LogP contribution in [0.15, 0.2) is 35.6 Å². The Hall–Kier alpha value is -2.10. The highest BCUT2D eigenvalue weighted by Crippen LogP contribution is 2.27. The Bertz CT molecular complexity index is 540. The number of pyridine rings is 1. The number of amidine groups is 1. The van der Waals surface area contributed by atoms with E-state index in [2.05, 4.69) is 15.5 Å². The molecule has 0 atom stereocenters. The lowest BCUT2D eigenvalue weighted by Gasteiger charge is -2.14. The third-order valence-electron chi connectivity index (χ3n) is 2.34. The number of nitrogens with one attached hydrogen (secondary N) is 1. The molecule has 0 unspecified atom stereocenters. The topological polar surface area (TPSA) is 63.3 Å². The van der Waals surface area contributed by atoms with E-state index in [1.165, 1.54) is 0 Å². The summed E-state index contributed by atoms with van der Waals surface area (Å²) in [5.74, 6) is 0.510. The minimum absolute atomic E-state index is 0.510. The van der Waals surface area contributed by atoms with Crippen molar-refractivity contribution in [2.45, 2.75) is 0 Å². The molecule has 1 aromatic carbocycles. The Morgan fingerprint density at radius 3 is 3.07 bits per heavy atom. The Balaban J connectivity index is 2.52. The predicted octanol–water partition coefficient (Wildman–Crippen LogP) is 1.28. The summed E-state index contributed by atoms with van der Waals surface area (Å²) in [4.78, 5) is 4.27. The zero-order valence-corrected chi connectivity index (χ0v) is 7.36. The summed E-state index contributed by atoms with van der Waals surface area (Å²) in [5.41, 5.74) is 11.5. The molecule has 4 nitrogen and oxygen atoms in total. The van der Waals surface area contributed by atoms with Crippen molar-refractivity contribution in [3.8, 4) is 0 Å². The number of rotatable bonds is 0. The maximum absolute atomic E-state index is 5.76. The molecule has 2 aromatic rings. The quantitative estimate of drug-likeness (QED) is 0.648. The Labute approximate surface area is 80.4 Å². The van der Waals surface area contributed by atoms with E-state index in [0.717, 1.165) is 22.2 Å². The molecule has 68 valence electrons. The molecule has 1 aromatic heterocycles. The lowest BCUT2D eigenvalue weighted by atomic mass is 10.1. The van der Waals surface area contributed by atoms with E-state index < -0.39 is 0 Å². The van der Waals surface area contributed by atoms with Gasteiger partial charge in [0.1, 0.15) is 0 Å². The van der Waals surface area contributed by atoms with E-state index in [9.17, 15) is 0 Å². The van der Waals surface area contributed by atoms with Crippen LogP contribution in [0.2, 0.25) is 0 Å². The predicted molar refractivity (Wildman–Crippen MR) is 56.1 cm³/mol. The summed E-state index contributed by atoms with van der Waals surface area (Å²) in [7, 11) is 0. The average Bonchev–Trinajstić information content (AvgIpc) is 2.24. The number of aromatic nitrogens is 1. The van der Waals surface area contributed by atoms with Crippen molar-refractivity contribution in [1.29, 1.82) is 0 Å². The summed E-state index contributed by atoms with van der Waals surface area (Å²) >= 11 is 0. The Morgan fingerprint density at radius 2 is 2.14 bits per heavy atom. The van der Waals surface area contributed by atoms with Crippen LogP contribution in [0.1, 0.15) is 5.56 Å². The normalized spacial score (nSPS) is 13.6. The van der Waals surface area contributed by atoms with Crippen molar-refractivity contribution >= 4 is 22.4 Å². The van der Waals surface area contributed by atoms with E-state index in [1.807, 2.05) is 24.3 Å². The van der Waals surface area contributed by atoms with Gasteiger partial charge in [0.05, 0.1) is 11.2 Å². The van der Waals surface area contributed by atoms with Crippen molar-refractivity contribution in [3.05, 3.63) is 36.0 Å². The summed E-state index contributed by atoms with van der Waals surface area (Å²) in [5, 5.41) is 5.06. The molecular formula is C10H8N4. The largest absolute Gasteiger partial charge is 0.382 e. The number of nitrogens with zero attached hydrogens (tertiary/aromatic N) is 2. The van der Waals surface area contributed by atoms with Crippen molar-refractivity contribution in [3.63, 3.8) is 0 Å². The molecule has 4 heteroatoms. The fraction of sp³-hybridized carbons (Fsp3) is 0. The number of hydrazone groups is 1. The van der Waals surface area contributed by atoms with Crippen molar-refractivity contribution < 1.29 is 0 Å². The van der Waals surface area contributed by atoms with Gasteiger partial charge >= 0.3 is 0 Å². The van der Waals surface area contributed by atoms with Gasteiger partial charge in [-0.2, -0.15) is 5.10 Å². The molecule has 0 spiro atoms. The van der Waals surface area contributed by atoms with Crippen LogP contribution in [0.25, 0.3) is 10.9 Å². The van der Waals surface area contributed by atoms with Gasteiger partial charge in [0.25, 0.3) is 0 Å². The standard InChI is InChI=1S/C10H8N4/c11-10-6-2-1-3-7-9(6)8(13-14-10)4-5-12-7/h1-5,13H,(H2,11,14). The lowest BCUT2D eigenvalue weighted by Crippen LogP contribution is -2.19. The zero-order valence-electron chi connectivity index (χ0n) is 7.36. The lowest BCUT2D eigenvalue weighted by molar-refractivity contribution is 1.28. The van der Waals surface area contributed by atoms with Crippen LogP contribution >= 0.6 is 0 Å².